The van der Waals surface area contributed by atoms with E-state index in [1.807, 2.05) is 30.3 Å². The third kappa shape index (κ3) is 7.57. The number of aliphatic carboxylic acids is 1. The first-order valence-electron chi connectivity index (χ1n) is 10.8. The van der Waals surface area contributed by atoms with Gasteiger partial charge in [-0.2, -0.15) is 0 Å². The number of nitrogens with zero attached hydrogens (tertiary/aromatic N) is 1. The highest BCUT2D eigenvalue weighted by molar-refractivity contribution is 7.89. The molecule has 2 aromatic carbocycles. The molecule has 0 aromatic heterocycles. The Labute approximate surface area is 200 Å². The Kier molecular flexibility index (Phi) is 8.91. The molecule has 9 heteroatoms. The first-order valence-corrected chi connectivity index (χ1v) is 12.7. The Balaban J connectivity index is 1.70. The summed E-state index contributed by atoms with van der Waals surface area (Å²) in [5.41, 5.74) is 1.10. The van der Waals surface area contributed by atoms with Crippen molar-refractivity contribution in [3.05, 3.63) is 71.3 Å². The van der Waals surface area contributed by atoms with Crippen molar-refractivity contribution >= 4 is 27.6 Å². The molecule has 7 nitrogen and oxygen atoms in total. The van der Waals surface area contributed by atoms with E-state index in [-0.39, 0.29) is 23.4 Å². The van der Waals surface area contributed by atoms with Gasteiger partial charge in [-0.3, -0.25) is 9.69 Å². The van der Waals surface area contributed by atoms with E-state index in [0.29, 0.717) is 37.4 Å². The fraction of sp³-hybridized carbons (Fsp3) is 0.375. The molecule has 1 aliphatic heterocycles. The number of benzene rings is 2. The summed E-state index contributed by atoms with van der Waals surface area (Å²) in [6.07, 6.45) is 6.04. The minimum atomic E-state index is -3.67. The average Bonchev–Trinajstić information content (AvgIpc) is 3.14. The third-order valence-electron chi connectivity index (χ3n) is 5.56. The largest absolute Gasteiger partial charge is 0.497 e. The number of methoxy groups -OCH3 is 1. The highest BCUT2D eigenvalue weighted by Gasteiger charge is 2.33. The topological polar surface area (TPSA) is 95.9 Å². The number of carboxylic acid groups (broad SMARTS) is 1. The first-order chi connectivity index (χ1) is 15.8. The van der Waals surface area contributed by atoms with Crippen LogP contribution in [0.4, 0.5) is 0 Å². The zero-order valence-electron chi connectivity index (χ0n) is 18.5. The van der Waals surface area contributed by atoms with Gasteiger partial charge in [-0.15, -0.1) is 0 Å². The zero-order valence-corrected chi connectivity index (χ0v) is 20.1. The van der Waals surface area contributed by atoms with Crippen molar-refractivity contribution in [1.29, 1.82) is 0 Å². The van der Waals surface area contributed by atoms with E-state index in [2.05, 4.69) is 15.7 Å². The lowest BCUT2D eigenvalue weighted by atomic mass is 10.1. The SMILES string of the molecule is COc1ccc(CN2C[C@H](NS(=O)(=O)c3ccc(Cl)cc3)C[C@H]2C=CCCCC(=O)O)cc1. The molecule has 2 aromatic rings. The maximum absolute atomic E-state index is 12.8. The van der Waals surface area contributed by atoms with Crippen LogP contribution in [0.5, 0.6) is 5.75 Å². The number of hydrogen-bond acceptors (Lipinski definition) is 5. The summed E-state index contributed by atoms with van der Waals surface area (Å²) in [6, 6.07) is 13.7. The van der Waals surface area contributed by atoms with Gasteiger partial charge in [0.05, 0.1) is 12.0 Å². The summed E-state index contributed by atoms with van der Waals surface area (Å²) in [5, 5.41) is 9.29. The van der Waals surface area contributed by atoms with Gasteiger partial charge in [0.1, 0.15) is 5.75 Å². The smallest absolute Gasteiger partial charge is 0.303 e. The molecule has 0 unspecified atom stereocenters. The van der Waals surface area contributed by atoms with Crippen LogP contribution in [-0.2, 0) is 21.4 Å². The van der Waals surface area contributed by atoms with E-state index in [4.69, 9.17) is 21.4 Å². The highest BCUT2D eigenvalue weighted by atomic mass is 35.5. The van der Waals surface area contributed by atoms with Gasteiger partial charge in [-0.1, -0.05) is 35.9 Å². The molecule has 1 aliphatic rings. The standard InChI is InChI=1S/C24H29ClN2O5S/c1-32-22-11-7-18(8-12-22)16-27-17-20(15-21(27)5-3-2-4-6-24(28)29)26-33(30,31)23-13-9-19(25)10-14-23/h3,5,7-14,20-21,26H,2,4,6,15-17H2,1H3,(H,28,29)/t20-,21-/m1/s1. The molecule has 0 spiro atoms. The van der Waals surface area contributed by atoms with E-state index in [0.717, 1.165) is 11.3 Å². The number of carbonyl (C=O) groups is 1. The van der Waals surface area contributed by atoms with Gasteiger partial charge in [0.2, 0.25) is 10.0 Å². The molecule has 1 saturated heterocycles. The predicted molar refractivity (Wildman–Crippen MR) is 128 cm³/mol. The molecule has 0 aliphatic carbocycles. The molecular weight excluding hydrogens is 464 g/mol. The van der Waals surface area contributed by atoms with Crippen LogP contribution in [0.2, 0.25) is 5.02 Å². The second kappa shape index (κ2) is 11.7. The lowest BCUT2D eigenvalue weighted by Crippen LogP contribution is -2.37. The van der Waals surface area contributed by atoms with E-state index < -0.39 is 16.0 Å². The Morgan fingerprint density at radius 1 is 1.21 bits per heavy atom. The number of carboxylic acids is 1. The number of unbranched alkanes of at least 4 members (excludes halogenated alkanes) is 1. The number of hydrogen-bond donors (Lipinski definition) is 2. The normalized spacial score (nSPS) is 19.2. The number of likely N-dealkylation sites (tertiary alicyclic amines) is 1. The number of sulfonamides is 1. The van der Waals surface area contributed by atoms with E-state index in [1.54, 1.807) is 19.2 Å². The number of rotatable bonds is 11. The second-order valence-electron chi connectivity index (χ2n) is 8.07. The first kappa shape index (κ1) is 25.2. The summed E-state index contributed by atoms with van der Waals surface area (Å²) in [5.74, 6) is -0.0225. The zero-order chi connectivity index (χ0) is 23.8. The molecule has 2 N–H and O–H groups in total. The molecule has 1 heterocycles. The number of halogens is 1. The van der Waals surface area contributed by atoms with Gasteiger partial charge in [-0.05, 0) is 61.2 Å². The predicted octanol–water partition coefficient (Wildman–Crippen LogP) is 4.08. The molecule has 1 fully saturated rings. The Morgan fingerprint density at radius 3 is 2.55 bits per heavy atom. The average molecular weight is 493 g/mol. The number of ether oxygens (including phenoxy) is 1. The monoisotopic (exact) mass is 492 g/mol. The van der Waals surface area contributed by atoms with Crippen LogP contribution in [0, 0.1) is 0 Å². The van der Waals surface area contributed by atoms with Crippen molar-refractivity contribution in [2.75, 3.05) is 13.7 Å². The molecule has 0 bridgehead atoms. The van der Waals surface area contributed by atoms with E-state index in [9.17, 15) is 13.2 Å². The molecule has 2 atom stereocenters. The van der Waals surface area contributed by atoms with Gasteiger partial charge in [0.25, 0.3) is 0 Å². The Morgan fingerprint density at radius 2 is 1.91 bits per heavy atom. The van der Waals surface area contributed by atoms with Gasteiger partial charge in [0, 0.05) is 36.6 Å². The molecule has 178 valence electrons. The fourth-order valence-corrected chi connectivity index (χ4v) is 5.26. The fourth-order valence-electron chi connectivity index (χ4n) is 3.89. The van der Waals surface area contributed by atoms with Gasteiger partial charge in [-0.25, -0.2) is 13.1 Å². The van der Waals surface area contributed by atoms with Crippen LogP contribution in [0.15, 0.2) is 65.6 Å². The summed E-state index contributed by atoms with van der Waals surface area (Å²) in [7, 11) is -2.05. The molecule has 0 saturated carbocycles. The second-order valence-corrected chi connectivity index (χ2v) is 10.2. The molecule has 0 amide bonds. The molecule has 3 rings (SSSR count). The molecular formula is C24H29ClN2O5S. The van der Waals surface area contributed by atoms with Crippen LogP contribution in [-0.4, -0.2) is 50.1 Å². The van der Waals surface area contributed by atoms with Crippen molar-refractivity contribution < 1.29 is 23.1 Å². The Bertz CT molecular complexity index is 1060. The van der Waals surface area contributed by atoms with Gasteiger partial charge >= 0.3 is 5.97 Å². The number of allylic oxidation sites excluding steroid dienone is 1. The minimum absolute atomic E-state index is 0.0369. The quantitative estimate of drug-likeness (QED) is 0.362. The van der Waals surface area contributed by atoms with Crippen LogP contribution < -0.4 is 9.46 Å². The lowest BCUT2D eigenvalue weighted by Gasteiger charge is -2.22. The van der Waals surface area contributed by atoms with Gasteiger partial charge in [0.15, 0.2) is 0 Å². The van der Waals surface area contributed by atoms with Crippen LogP contribution in [0.3, 0.4) is 0 Å². The molecule has 0 radical (unpaired) electrons. The van der Waals surface area contributed by atoms with Crippen LogP contribution in [0.1, 0.15) is 31.2 Å². The Hall–Kier alpha value is -2.39. The van der Waals surface area contributed by atoms with Crippen molar-refractivity contribution in [3.8, 4) is 5.75 Å². The van der Waals surface area contributed by atoms with E-state index in [1.165, 1.54) is 12.1 Å². The summed E-state index contributed by atoms with van der Waals surface area (Å²) >= 11 is 5.88. The highest BCUT2D eigenvalue weighted by Crippen LogP contribution is 2.25. The number of nitrogens with one attached hydrogen (secondary N) is 1. The summed E-state index contributed by atoms with van der Waals surface area (Å²) in [4.78, 5) is 13.1. The summed E-state index contributed by atoms with van der Waals surface area (Å²) in [6.45, 7) is 1.22. The van der Waals surface area contributed by atoms with Crippen LogP contribution in [0.25, 0.3) is 0 Å². The van der Waals surface area contributed by atoms with Gasteiger partial charge < -0.3 is 9.84 Å². The van der Waals surface area contributed by atoms with Crippen molar-refractivity contribution in [2.45, 2.75) is 49.2 Å². The van der Waals surface area contributed by atoms with Crippen LogP contribution >= 0.6 is 11.6 Å². The lowest BCUT2D eigenvalue weighted by molar-refractivity contribution is -0.137. The van der Waals surface area contributed by atoms with Crippen molar-refractivity contribution in [3.63, 3.8) is 0 Å². The summed E-state index contributed by atoms with van der Waals surface area (Å²) < 4.78 is 33.7. The minimum Gasteiger partial charge on any atom is -0.497 e. The van der Waals surface area contributed by atoms with E-state index >= 15 is 0 Å². The molecule has 33 heavy (non-hydrogen) atoms. The van der Waals surface area contributed by atoms with Crippen molar-refractivity contribution in [1.82, 2.24) is 9.62 Å². The van der Waals surface area contributed by atoms with Crippen molar-refractivity contribution in [2.24, 2.45) is 0 Å². The maximum atomic E-state index is 12.8. The maximum Gasteiger partial charge on any atom is 0.303 e. The third-order valence-corrected chi connectivity index (χ3v) is 7.35.